The Kier molecular flexibility index (Phi) is 7.64. The molecule has 1 rings (SSSR count). The summed E-state index contributed by atoms with van der Waals surface area (Å²) in [5.41, 5.74) is -0.205. The third kappa shape index (κ3) is 6.66. The first kappa shape index (κ1) is 20.2. The normalized spacial score (nSPS) is 10.4. The number of nitro groups is 1. The minimum Gasteiger partial charge on any atom is -0.490 e. The van der Waals surface area contributed by atoms with Gasteiger partial charge in [0.25, 0.3) is 5.91 Å². The Hall–Kier alpha value is -2.84. The third-order valence-electron chi connectivity index (χ3n) is 3.24. The van der Waals surface area contributed by atoms with Crippen LogP contribution in [0.25, 0.3) is 0 Å². The van der Waals surface area contributed by atoms with Crippen molar-refractivity contribution < 1.29 is 29.1 Å². The summed E-state index contributed by atoms with van der Waals surface area (Å²) in [6.07, 6.45) is -0.149. The zero-order chi connectivity index (χ0) is 19.0. The fourth-order valence-electron chi connectivity index (χ4n) is 2.12. The lowest BCUT2D eigenvalue weighted by molar-refractivity contribution is -0.385. The molecule has 0 saturated carbocycles. The van der Waals surface area contributed by atoms with Gasteiger partial charge in [0.05, 0.1) is 18.5 Å². The van der Waals surface area contributed by atoms with E-state index in [1.54, 1.807) is 0 Å². The Balaban J connectivity index is 2.74. The summed E-state index contributed by atoms with van der Waals surface area (Å²) < 4.78 is 10.3. The molecule has 0 atom stereocenters. The van der Waals surface area contributed by atoms with Crippen molar-refractivity contribution in [2.24, 2.45) is 5.92 Å². The maximum Gasteiger partial charge on any atom is 0.311 e. The lowest BCUT2D eigenvalue weighted by Crippen LogP contribution is -2.38. The Morgan fingerprint density at radius 1 is 1.36 bits per heavy atom. The first-order valence-electron chi connectivity index (χ1n) is 7.69. The van der Waals surface area contributed by atoms with E-state index in [1.807, 2.05) is 13.8 Å². The van der Waals surface area contributed by atoms with Crippen molar-refractivity contribution in [3.8, 4) is 11.5 Å². The zero-order valence-corrected chi connectivity index (χ0v) is 14.4. The van der Waals surface area contributed by atoms with Crippen LogP contribution in [0, 0.1) is 16.0 Å². The van der Waals surface area contributed by atoms with Crippen LogP contribution in [0.4, 0.5) is 5.69 Å². The van der Waals surface area contributed by atoms with Gasteiger partial charge in [-0.15, -0.1) is 0 Å². The van der Waals surface area contributed by atoms with Crippen LogP contribution >= 0.6 is 0 Å². The quantitative estimate of drug-likeness (QED) is 0.503. The van der Waals surface area contributed by atoms with E-state index in [4.69, 9.17) is 14.6 Å². The molecule has 0 aliphatic carbocycles. The molecule has 0 aliphatic heterocycles. The van der Waals surface area contributed by atoms with Crippen LogP contribution in [0.2, 0.25) is 0 Å². The summed E-state index contributed by atoms with van der Waals surface area (Å²) >= 11 is 0. The number of benzene rings is 1. The number of nitrogens with zero attached hydrogens (tertiary/aromatic N) is 2. The molecule has 1 N–H and O–H groups in total. The lowest BCUT2D eigenvalue weighted by atomic mass is 10.2. The molecule has 0 radical (unpaired) electrons. The number of hydrogen-bond acceptors (Lipinski definition) is 6. The number of methoxy groups -OCH3 is 1. The van der Waals surface area contributed by atoms with Crippen molar-refractivity contribution in [3.05, 3.63) is 28.3 Å². The second-order valence-corrected chi connectivity index (χ2v) is 5.76. The van der Waals surface area contributed by atoms with Gasteiger partial charge in [0.15, 0.2) is 6.61 Å². The fraction of sp³-hybridized carbons (Fsp3) is 0.500. The molecule has 1 aromatic carbocycles. The number of rotatable bonds is 10. The van der Waals surface area contributed by atoms with Crippen molar-refractivity contribution in [2.75, 3.05) is 26.8 Å². The summed E-state index contributed by atoms with van der Waals surface area (Å²) in [6.45, 7) is 4.05. The molecular weight excluding hydrogens is 332 g/mol. The molecule has 1 amide bonds. The van der Waals surface area contributed by atoms with Crippen LogP contribution in [0.15, 0.2) is 18.2 Å². The van der Waals surface area contributed by atoms with Crippen molar-refractivity contribution in [1.82, 2.24) is 4.90 Å². The number of ether oxygens (including phenoxy) is 2. The van der Waals surface area contributed by atoms with Crippen molar-refractivity contribution in [2.45, 2.75) is 20.3 Å². The van der Waals surface area contributed by atoms with Gasteiger partial charge < -0.3 is 19.5 Å². The number of carbonyl (C=O) groups excluding carboxylic acids is 1. The smallest absolute Gasteiger partial charge is 0.311 e. The van der Waals surface area contributed by atoms with E-state index >= 15 is 0 Å². The second-order valence-electron chi connectivity index (χ2n) is 5.76. The van der Waals surface area contributed by atoms with Gasteiger partial charge in [-0.3, -0.25) is 19.7 Å². The van der Waals surface area contributed by atoms with Crippen LogP contribution in [0.3, 0.4) is 0 Å². The minimum absolute atomic E-state index is 0.0277. The number of carboxylic acids is 1. The molecule has 138 valence electrons. The van der Waals surface area contributed by atoms with Gasteiger partial charge >= 0.3 is 11.7 Å². The van der Waals surface area contributed by atoms with Crippen molar-refractivity contribution in [1.29, 1.82) is 0 Å². The molecule has 0 bridgehead atoms. The predicted octanol–water partition coefficient (Wildman–Crippen LogP) is 1.94. The molecule has 0 unspecified atom stereocenters. The number of hydrogen-bond donors (Lipinski definition) is 1. The highest BCUT2D eigenvalue weighted by Crippen LogP contribution is 2.30. The molecule has 0 saturated heterocycles. The molecule has 25 heavy (non-hydrogen) atoms. The maximum absolute atomic E-state index is 12.3. The van der Waals surface area contributed by atoms with E-state index in [9.17, 15) is 19.7 Å². The summed E-state index contributed by atoms with van der Waals surface area (Å²) in [7, 11) is 1.30. The highest BCUT2D eigenvalue weighted by Gasteiger charge is 2.19. The maximum atomic E-state index is 12.3. The predicted molar refractivity (Wildman–Crippen MR) is 88.8 cm³/mol. The van der Waals surface area contributed by atoms with E-state index in [2.05, 4.69) is 0 Å². The van der Waals surface area contributed by atoms with Gasteiger partial charge in [-0.05, 0) is 12.0 Å². The fourth-order valence-corrected chi connectivity index (χ4v) is 2.12. The average molecular weight is 354 g/mol. The second kappa shape index (κ2) is 9.45. The number of amides is 1. The van der Waals surface area contributed by atoms with Gasteiger partial charge in [-0.1, -0.05) is 13.8 Å². The van der Waals surface area contributed by atoms with Gasteiger partial charge in [-0.2, -0.15) is 0 Å². The molecule has 9 nitrogen and oxygen atoms in total. The summed E-state index contributed by atoms with van der Waals surface area (Å²) in [4.78, 5) is 34.7. The van der Waals surface area contributed by atoms with Crippen LogP contribution in [0.1, 0.15) is 20.3 Å². The molecular formula is C16H22N2O7. The standard InChI is InChI=1S/C16H22N2O7/c1-11(2)9-17(7-6-16(20)21)15(19)10-25-12-4-5-13(18(22)23)14(8-12)24-3/h4-5,8,11H,6-7,9-10H2,1-3H3,(H,20,21). The molecule has 0 aliphatic rings. The van der Waals surface area contributed by atoms with Crippen LogP contribution in [0.5, 0.6) is 11.5 Å². The number of carboxylic acid groups (broad SMARTS) is 1. The number of carbonyl (C=O) groups is 2. The summed E-state index contributed by atoms with van der Waals surface area (Å²) in [5.74, 6) is -0.884. The van der Waals surface area contributed by atoms with Crippen LogP contribution in [-0.2, 0) is 9.59 Å². The highest BCUT2D eigenvalue weighted by atomic mass is 16.6. The van der Waals surface area contributed by atoms with Gasteiger partial charge in [0, 0.05) is 25.2 Å². The highest BCUT2D eigenvalue weighted by molar-refractivity contribution is 5.78. The topological polar surface area (TPSA) is 119 Å². The minimum atomic E-state index is -0.984. The lowest BCUT2D eigenvalue weighted by Gasteiger charge is -2.24. The van der Waals surface area contributed by atoms with Crippen molar-refractivity contribution >= 4 is 17.6 Å². The van der Waals surface area contributed by atoms with Gasteiger partial charge in [0.2, 0.25) is 5.75 Å². The zero-order valence-electron chi connectivity index (χ0n) is 14.4. The monoisotopic (exact) mass is 354 g/mol. The van der Waals surface area contributed by atoms with Crippen molar-refractivity contribution in [3.63, 3.8) is 0 Å². The SMILES string of the molecule is COc1cc(OCC(=O)N(CCC(=O)O)CC(C)C)ccc1[N+](=O)[O-]. The molecule has 9 heteroatoms. The summed E-state index contributed by atoms with van der Waals surface area (Å²) in [5, 5.41) is 19.6. The molecule has 0 spiro atoms. The first-order chi connectivity index (χ1) is 11.7. The number of nitro benzene ring substituents is 1. The van der Waals surface area contributed by atoms with E-state index in [1.165, 1.54) is 30.2 Å². The van der Waals surface area contributed by atoms with E-state index in [0.29, 0.717) is 6.54 Å². The largest absolute Gasteiger partial charge is 0.490 e. The Labute approximate surface area is 145 Å². The molecule has 0 aromatic heterocycles. The van der Waals surface area contributed by atoms with Crippen LogP contribution < -0.4 is 9.47 Å². The Bertz CT molecular complexity index is 631. The van der Waals surface area contributed by atoms with Gasteiger partial charge in [0.1, 0.15) is 5.75 Å². The van der Waals surface area contributed by atoms with Crippen LogP contribution in [-0.4, -0.2) is 53.6 Å². The summed E-state index contributed by atoms with van der Waals surface area (Å²) in [6, 6.07) is 3.93. The number of aliphatic carboxylic acids is 1. The Morgan fingerprint density at radius 2 is 2.04 bits per heavy atom. The average Bonchev–Trinajstić information content (AvgIpc) is 2.55. The molecule has 0 fully saturated rings. The Morgan fingerprint density at radius 3 is 2.56 bits per heavy atom. The van der Waals surface area contributed by atoms with E-state index in [0.717, 1.165) is 0 Å². The van der Waals surface area contributed by atoms with E-state index in [-0.39, 0.29) is 48.6 Å². The third-order valence-corrected chi connectivity index (χ3v) is 3.24. The molecule has 0 heterocycles. The molecule has 1 aromatic rings. The first-order valence-corrected chi connectivity index (χ1v) is 7.69. The van der Waals surface area contributed by atoms with E-state index < -0.39 is 10.9 Å². The van der Waals surface area contributed by atoms with Gasteiger partial charge in [-0.25, -0.2) is 0 Å².